The van der Waals surface area contributed by atoms with Gasteiger partial charge in [0.1, 0.15) is 11.2 Å². The molecule has 3 rings (SSSR count). The zero-order valence-corrected chi connectivity index (χ0v) is 11.3. The highest BCUT2D eigenvalue weighted by Gasteiger charge is 2.13. The van der Waals surface area contributed by atoms with Crippen molar-refractivity contribution in [2.45, 2.75) is 0 Å². The standard InChI is InChI=1S/C14H8ClN3O3/c15-11-7-10(18(19)20)8-16-14(11)21-13-6-5-9-3-1-2-4-12(9)17-13/h1-8H. The van der Waals surface area contributed by atoms with Crippen LogP contribution in [-0.4, -0.2) is 14.9 Å². The molecule has 0 atom stereocenters. The summed E-state index contributed by atoms with van der Waals surface area (Å²) >= 11 is 5.92. The summed E-state index contributed by atoms with van der Waals surface area (Å²) in [7, 11) is 0. The van der Waals surface area contributed by atoms with Crippen molar-refractivity contribution in [1.82, 2.24) is 9.97 Å². The predicted molar refractivity (Wildman–Crippen MR) is 77.7 cm³/mol. The van der Waals surface area contributed by atoms with E-state index in [0.29, 0.717) is 5.88 Å². The summed E-state index contributed by atoms with van der Waals surface area (Å²) in [6.45, 7) is 0. The molecule has 0 aliphatic rings. The number of ether oxygens (including phenoxy) is 1. The summed E-state index contributed by atoms with van der Waals surface area (Å²) in [4.78, 5) is 18.2. The fourth-order valence-corrected chi connectivity index (χ4v) is 1.99. The van der Waals surface area contributed by atoms with Gasteiger partial charge >= 0.3 is 0 Å². The van der Waals surface area contributed by atoms with Gasteiger partial charge in [0.2, 0.25) is 11.8 Å². The minimum Gasteiger partial charge on any atom is -0.419 e. The summed E-state index contributed by atoms with van der Waals surface area (Å²) in [5, 5.41) is 11.7. The highest BCUT2D eigenvalue weighted by Crippen LogP contribution is 2.29. The number of nitrogens with zero attached hydrogens (tertiary/aromatic N) is 3. The number of halogens is 1. The Kier molecular flexibility index (Phi) is 3.37. The smallest absolute Gasteiger partial charge is 0.289 e. The average Bonchev–Trinajstić information content (AvgIpc) is 2.49. The fourth-order valence-electron chi connectivity index (χ4n) is 1.79. The van der Waals surface area contributed by atoms with Crippen LogP contribution >= 0.6 is 11.6 Å². The van der Waals surface area contributed by atoms with Crippen LogP contribution < -0.4 is 4.74 Å². The minimum absolute atomic E-state index is 0.0548. The Morgan fingerprint density at radius 2 is 2.00 bits per heavy atom. The quantitative estimate of drug-likeness (QED) is 0.540. The zero-order valence-electron chi connectivity index (χ0n) is 10.6. The van der Waals surface area contributed by atoms with Crippen LogP contribution in [-0.2, 0) is 0 Å². The monoisotopic (exact) mass is 301 g/mol. The van der Waals surface area contributed by atoms with E-state index in [9.17, 15) is 10.1 Å². The van der Waals surface area contributed by atoms with Crippen LogP contribution in [0.25, 0.3) is 10.9 Å². The topological polar surface area (TPSA) is 78.2 Å². The van der Waals surface area contributed by atoms with Gasteiger partial charge in [-0.3, -0.25) is 10.1 Å². The van der Waals surface area contributed by atoms with Crippen molar-refractivity contribution in [3.8, 4) is 11.8 Å². The molecule has 21 heavy (non-hydrogen) atoms. The highest BCUT2D eigenvalue weighted by atomic mass is 35.5. The number of hydrogen-bond donors (Lipinski definition) is 0. The second kappa shape index (κ2) is 5.34. The second-order valence-corrected chi connectivity index (χ2v) is 4.59. The number of para-hydroxylation sites is 1. The number of fused-ring (bicyclic) bond motifs is 1. The molecule has 0 radical (unpaired) electrons. The molecule has 1 aromatic carbocycles. The molecular formula is C14H8ClN3O3. The van der Waals surface area contributed by atoms with Gasteiger partial charge in [-0.05, 0) is 12.1 Å². The molecule has 7 heteroatoms. The summed E-state index contributed by atoms with van der Waals surface area (Å²) in [6, 6.07) is 12.3. The SMILES string of the molecule is O=[N+]([O-])c1cnc(Oc2ccc3ccccc3n2)c(Cl)c1. The third-order valence-electron chi connectivity index (χ3n) is 2.78. The summed E-state index contributed by atoms with van der Waals surface area (Å²) < 4.78 is 5.48. The summed E-state index contributed by atoms with van der Waals surface area (Å²) in [5.74, 6) is 0.391. The maximum absolute atomic E-state index is 10.6. The first-order valence-corrected chi connectivity index (χ1v) is 6.35. The minimum atomic E-state index is -0.572. The molecular weight excluding hydrogens is 294 g/mol. The van der Waals surface area contributed by atoms with Crippen molar-refractivity contribution in [3.05, 3.63) is 63.8 Å². The number of hydrogen-bond acceptors (Lipinski definition) is 5. The van der Waals surface area contributed by atoms with Crippen LogP contribution in [0.5, 0.6) is 11.8 Å². The fraction of sp³-hybridized carbons (Fsp3) is 0. The molecule has 0 saturated carbocycles. The molecule has 2 aromatic heterocycles. The van der Waals surface area contributed by atoms with E-state index in [-0.39, 0.29) is 16.6 Å². The predicted octanol–water partition coefficient (Wildman–Crippen LogP) is 3.98. The molecule has 6 nitrogen and oxygen atoms in total. The van der Waals surface area contributed by atoms with Crippen LogP contribution in [0.2, 0.25) is 5.02 Å². The van der Waals surface area contributed by atoms with E-state index < -0.39 is 4.92 Å². The Bertz CT molecular complexity index is 839. The van der Waals surface area contributed by atoms with Gasteiger partial charge < -0.3 is 4.74 Å². The maximum atomic E-state index is 10.6. The van der Waals surface area contributed by atoms with E-state index in [1.807, 2.05) is 30.3 Å². The Labute approximate surface area is 124 Å². The molecule has 104 valence electrons. The average molecular weight is 302 g/mol. The summed E-state index contributed by atoms with van der Waals surface area (Å²) in [6.07, 6.45) is 1.09. The van der Waals surface area contributed by atoms with Crippen LogP contribution in [0.3, 0.4) is 0 Å². The first kappa shape index (κ1) is 13.3. The molecule has 0 N–H and O–H groups in total. The highest BCUT2D eigenvalue weighted by molar-refractivity contribution is 6.32. The van der Waals surface area contributed by atoms with Crippen molar-refractivity contribution in [1.29, 1.82) is 0 Å². The largest absolute Gasteiger partial charge is 0.419 e. The van der Waals surface area contributed by atoms with Gasteiger partial charge in [-0.25, -0.2) is 9.97 Å². The molecule has 0 spiro atoms. The molecule has 2 heterocycles. The van der Waals surface area contributed by atoms with Crippen LogP contribution in [0.1, 0.15) is 0 Å². The number of aromatic nitrogens is 2. The molecule has 0 aliphatic heterocycles. The lowest BCUT2D eigenvalue weighted by Gasteiger charge is -2.06. The lowest BCUT2D eigenvalue weighted by molar-refractivity contribution is -0.385. The van der Waals surface area contributed by atoms with E-state index in [2.05, 4.69) is 9.97 Å². The number of rotatable bonds is 3. The van der Waals surface area contributed by atoms with Crippen molar-refractivity contribution in [3.63, 3.8) is 0 Å². The third kappa shape index (κ3) is 2.75. The van der Waals surface area contributed by atoms with Gasteiger partial charge in [-0.1, -0.05) is 29.8 Å². The van der Waals surface area contributed by atoms with Crippen LogP contribution in [0, 0.1) is 10.1 Å². The van der Waals surface area contributed by atoms with Crippen molar-refractivity contribution >= 4 is 28.2 Å². The Hall–Kier alpha value is -2.73. The molecule has 3 aromatic rings. The van der Waals surface area contributed by atoms with Crippen LogP contribution in [0.4, 0.5) is 5.69 Å². The van der Waals surface area contributed by atoms with Gasteiger partial charge in [0.25, 0.3) is 5.69 Å². The lowest BCUT2D eigenvalue weighted by atomic mass is 10.2. The molecule has 0 unspecified atom stereocenters. The zero-order chi connectivity index (χ0) is 14.8. The molecule has 0 aliphatic carbocycles. The number of pyridine rings is 2. The lowest BCUT2D eigenvalue weighted by Crippen LogP contribution is -1.94. The Morgan fingerprint density at radius 3 is 2.76 bits per heavy atom. The Balaban J connectivity index is 1.93. The van der Waals surface area contributed by atoms with Gasteiger partial charge in [-0.15, -0.1) is 0 Å². The van der Waals surface area contributed by atoms with Crippen molar-refractivity contribution in [2.75, 3.05) is 0 Å². The van der Waals surface area contributed by atoms with E-state index in [1.165, 1.54) is 6.07 Å². The third-order valence-corrected chi connectivity index (χ3v) is 3.05. The maximum Gasteiger partial charge on any atom is 0.289 e. The normalized spacial score (nSPS) is 10.5. The molecule has 0 bridgehead atoms. The summed E-state index contributed by atoms with van der Waals surface area (Å²) in [5.41, 5.74) is 0.576. The number of nitro groups is 1. The number of benzene rings is 1. The van der Waals surface area contributed by atoms with Gasteiger partial charge in [0.15, 0.2) is 0 Å². The van der Waals surface area contributed by atoms with E-state index >= 15 is 0 Å². The van der Waals surface area contributed by atoms with Gasteiger partial charge in [0, 0.05) is 17.5 Å². The van der Waals surface area contributed by atoms with E-state index in [4.69, 9.17) is 16.3 Å². The first-order valence-electron chi connectivity index (χ1n) is 5.97. The first-order chi connectivity index (χ1) is 10.1. The molecule has 0 amide bonds. The van der Waals surface area contributed by atoms with E-state index in [1.54, 1.807) is 6.07 Å². The Morgan fingerprint density at radius 1 is 1.19 bits per heavy atom. The van der Waals surface area contributed by atoms with E-state index in [0.717, 1.165) is 17.1 Å². The van der Waals surface area contributed by atoms with Gasteiger partial charge in [0.05, 0.1) is 10.4 Å². The van der Waals surface area contributed by atoms with Crippen molar-refractivity contribution < 1.29 is 9.66 Å². The van der Waals surface area contributed by atoms with Crippen molar-refractivity contribution in [2.24, 2.45) is 0 Å². The molecule has 0 saturated heterocycles. The second-order valence-electron chi connectivity index (χ2n) is 4.18. The molecule has 0 fully saturated rings. The van der Waals surface area contributed by atoms with Crippen LogP contribution in [0.15, 0.2) is 48.7 Å². The van der Waals surface area contributed by atoms with Gasteiger partial charge in [-0.2, -0.15) is 0 Å².